The largest absolute Gasteiger partial charge is 0.393 e. The van der Waals surface area contributed by atoms with Crippen LogP contribution in [0.25, 0.3) is 0 Å². The molecule has 0 heterocycles. The van der Waals surface area contributed by atoms with E-state index in [2.05, 4.69) is 24.1 Å². The molecular weight excluding hydrogens is 176 g/mol. The van der Waals surface area contributed by atoms with Gasteiger partial charge in [0.15, 0.2) is 0 Å². The fourth-order valence-corrected chi connectivity index (χ4v) is 1.40. The molecule has 0 saturated heterocycles. The first-order valence-corrected chi connectivity index (χ1v) is 5.81. The van der Waals surface area contributed by atoms with Crippen molar-refractivity contribution in [2.45, 2.75) is 39.7 Å². The molecule has 0 saturated carbocycles. The monoisotopic (exact) mass is 202 g/mol. The molecule has 0 spiro atoms. The predicted octanol–water partition coefficient (Wildman–Crippen LogP) is 1.08. The van der Waals surface area contributed by atoms with Crippen molar-refractivity contribution in [2.75, 3.05) is 32.7 Å². The summed E-state index contributed by atoms with van der Waals surface area (Å²) < 4.78 is 0. The van der Waals surface area contributed by atoms with Gasteiger partial charge in [0.05, 0.1) is 6.10 Å². The molecule has 0 aliphatic rings. The lowest BCUT2D eigenvalue weighted by Crippen LogP contribution is -2.28. The SMILES string of the molecule is CCN(CC)CCCNCCC(C)O. The van der Waals surface area contributed by atoms with Gasteiger partial charge >= 0.3 is 0 Å². The van der Waals surface area contributed by atoms with Gasteiger partial charge in [-0.1, -0.05) is 13.8 Å². The first-order valence-electron chi connectivity index (χ1n) is 5.81. The molecule has 0 bridgehead atoms. The molecule has 0 aromatic heterocycles. The van der Waals surface area contributed by atoms with Gasteiger partial charge in [0.2, 0.25) is 0 Å². The summed E-state index contributed by atoms with van der Waals surface area (Å²) in [7, 11) is 0. The Morgan fingerprint density at radius 2 is 1.86 bits per heavy atom. The molecule has 2 N–H and O–H groups in total. The van der Waals surface area contributed by atoms with E-state index < -0.39 is 0 Å². The smallest absolute Gasteiger partial charge is 0.0524 e. The predicted molar refractivity (Wildman–Crippen MR) is 61.6 cm³/mol. The number of rotatable bonds is 9. The standard InChI is InChI=1S/C11H26N2O/c1-4-13(5-2)10-6-8-12-9-7-11(3)14/h11-12,14H,4-10H2,1-3H3. The lowest BCUT2D eigenvalue weighted by atomic mass is 10.3. The first-order chi connectivity index (χ1) is 6.70. The van der Waals surface area contributed by atoms with Crippen LogP contribution in [0.2, 0.25) is 0 Å². The summed E-state index contributed by atoms with van der Waals surface area (Å²) in [4.78, 5) is 2.43. The van der Waals surface area contributed by atoms with Gasteiger partial charge in [-0.2, -0.15) is 0 Å². The van der Waals surface area contributed by atoms with Crippen LogP contribution in [0.4, 0.5) is 0 Å². The van der Waals surface area contributed by atoms with Gasteiger partial charge in [-0.05, 0) is 52.5 Å². The number of hydrogen-bond donors (Lipinski definition) is 2. The van der Waals surface area contributed by atoms with Crippen molar-refractivity contribution >= 4 is 0 Å². The number of nitrogens with one attached hydrogen (secondary N) is 1. The van der Waals surface area contributed by atoms with Gasteiger partial charge in [-0.25, -0.2) is 0 Å². The molecule has 0 amide bonds. The van der Waals surface area contributed by atoms with E-state index in [1.54, 1.807) is 0 Å². The van der Waals surface area contributed by atoms with E-state index in [9.17, 15) is 0 Å². The van der Waals surface area contributed by atoms with E-state index in [1.807, 2.05) is 6.92 Å². The molecule has 3 nitrogen and oxygen atoms in total. The van der Waals surface area contributed by atoms with Crippen LogP contribution in [0, 0.1) is 0 Å². The van der Waals surface area contributed by atoms with Crippen LogP contribution >= 0.6 is 0 Å². The highest BCUT2D eigenvalue weighted by molar-refractivity contribution is 4.56. The summed E-state index contributed by atoms with van der Waals surface area (Å²) >= 11 is 0. The molecular formula is C11H26N2O. The summed E-state index contributed by atoms with van der Waals surface area (Å²) in [6.45, 7) is 11.7. The average Bonchev–Trinajstić information content (AvgIpc) is 2.16. The molecule has 0 aliphatic carbocycles. The molecule has 0 rings (SSSR count). The van der Waals surface area contributed by atoms with Crippen molar-refractivity contribution in [1.82, 2.24) is 10.2 Å². The Morgan fingerprint density at radius 3 is 2.36 bits per heavy atom. The Hall–Kier alpha value is -0.120. The van der Waals surface area contributed by atoms with Gasteiger partial charge in [-0.15, -0.1) is 0 Å². The van der Waals surface area contributed by atoms with Gasteiger partial charge in [-0.3, -0.25) is 0 Å². The van der Waals surface area contributed by atoms with E-state index in [0.29, 0.717) is 0 Å². The van der Waals surface area contributed by atoms with Crippen LogP contribution in [0.15, 0.2) is 0 Å². The highest BCUT2D eigenvalue weighted by Crippen LogP contribution is 1.90. The van der Waals surface area contributed by atoms with Crippen molar-refractivity contribution in [3.63, 3.8) is 0 Å². The van der Waals surface area contributed by atoms with Crippen LogP contribution in [0.1, 0.15) is 33.6 Å². The zero-order valence-electron chi connectivity index (χ0n) is 9.92. The highest BCUT2D eigenvalue weighted by Gasteiger charge is 1.98. The van der Waals surface area contributed by atoms with Crippen molar-refractivity contribution in [1.29, 1.82) is 0 Å². The quantitative estimate of drug-likeness (QED) is 0.549. The number of aliphatic hydroxyl groups is 1. The van der Waals surface area contributed by atoms with E-state index >= 15 is 0 Å². The summed E-state index contributed by atoms with van der Waals surface area (Å²) in [6.07, 6.45) is 1.87. The zero-order valence-corrected chi connectivity index (χ0v) is 9.92. The Bertz CT molecular complexity index is 114. The third-order valence-corrected chi connectivity index (χ3v) is 2.46. The Labute approximate surface area is 88.5 Å². The summed E-state index contributed by atoms with van der Waals surface area (Å²) in [5.74, 6) is 0. The number of nitrogens with zero attached hydrogens (tertiary/aromatic N) is 1. The van der Waals surface area contributed by atoms with Crippen LogP contribution in [-0.2, 0) is 0 Å². The maximum Gasteiger partial charge on any atom is 0.0524 e. The van der Waals surface area contributed by atoms with Crippen LogP contribution < -0.4 is 5.32 Å². The fraction of sp³-hybridized carbons (Fsp3) is 1.00. The molecule has 3 heteroatoms. The second-order valence-corrected chi connectivity index (χ2v) is 3.77. The molecule has 1 atom stereocenters. The summed E-state index contributed by atoms with van der Waals surface area (Å²) in [6, 6.07) is 0. The van der Waals surface area contributed by atoms with Gasteiger partial charge in [0.1, 0.15) is 0 Å². The maximum absolute atomic E-state index is 9.03. The molecule has 0 aromatic rings. The van der Waals surface area contributed by atoms with E-state index in [-0.39, 0.29) is 6.10 Å². The second kappa shape index (κ2) is 9.44. The summed E-state index contributed by atoms with van der Waals surface area (Å²) in [5, 5.41) is 12.4. The normalized spacial score (nSPS) is 13.5. The lowest BCUT2D eigenvalue weighted by Gasteiger charge is -2.17. The van der Waals surface area contributed by atoms with Crippen LogP contribution in [0.5, 0.6) is 0 Å². The third kappa shape index (κ3) is 8.48. The van der Waals surface area contributed by atoms with Gasteiger partial charge in [0.25, 0.3) is 0 Å². The molecule has 14 heavy (non-hydrogen) atoms. The second-order valence-electron chi connectivity index (χ2n) is 3.77. The minimum atomic E-state index is -0.176. The average molecular weight is 202 g/mol. The molecule has 0 fully saturated rings. The first kappa shape index (κ1) is 13.9. The maximum atomic E-state index is 9.03. The van der Waals surface area contributed by atoms with E-state index in [4.69, 9.17) is 5.11 Å². The minimum Gasteiger partial charge on any atom is -0.393 e. The molecule has 0 aliphatic heterocycles. The van der Waals surface area contributed by atoms with Crippen molar-refractivity contribution < 1.29 is 5.11 Å². The van der Waals surface area contributed by atoms with Crippen molar-refractivity contribution in [3.8, 4) is 0 Å². The Morgan fingerprint density at radius 1 is 1.21 bits per heavy atom. The van der Waals surface area contributed by atoms with Crippen LogP contribution in [-0.4, -0.2) is 48.8 Å². The topological polar surface area (TPSA) is 35.5 Å². The van der Waals surface area contributed by atoms with Crippen molar-refractivity contribution in [3.05, 3.63) is 0 Å². The highest BCUT2D eigenvalue weighted by atomic mass is 16.3. The lowest BCUT2D eigenvalue weighted by molar-refractivity contribution is 0.183. The Kier molecular flexibility index (Phi) is 9.35. The Balaban J connectivity index is 3.12. The molecule has 0 radical (unpaired) electrons. The van der Waals surface area contributed by atoms with Crippen molar-refractivity contribution in [2.24, 2.45) is 0 Å². The number of hydrogen-bond acceptors (Lipinski definition) is 3. The molecule has 0 aromatic carbocycles. The zero-order chi connectivity index (χ0) is 10.8. The third-order valence-electron chi connectivity index (χ3n) is 2.46. The number of aliphatic hydroxyl groups excluding tert-OH is 1. The fourth-order valence-electron chi connectivity index (χ4n) is 1.40. The minimum absolute atomic E-state index is 0.176. The van der Waals surface area contributed by atoms with E-state index in [0.717, 1.165) is 32.6 Å². The van der Waals surface area contributed by atoms with E-state index in [1.165, 1.54) is 13.0 Å². The van der Waals surface area contributed by atoms with Crippen LogP contribution in [0.3, 0.4) is 0 Å². The molecule has 1 unspecified atom stereocenters. The summed E-state index contributed by atoms with van der Waals surface area (Å²) in [5.41, 5.74) is 0. The van der Waals surface area contributed by atoms with Gasteiger partial charge in [0, 0.05) is 0 Å². The molecule has 86 valence electrons. The van der Waals surface area contributed by atoms with Gasteiger partial charge < -0.3 is 15.3 Å².